The number of hydrogen-bond donors (Lipinski definition) is 1. The molecule has 0 bridgehead atoms. The van der Waals surface area contributed by atoms with Gasteiger partial charge in [-0.05, 0) is 29.8 Å². The molecule has 1 aromatic carbocycles. The Morgan fingerprint density at radius 3 is 2.50 bits per heavy atom. The zero-order valence-electron chi connectivity index (χ0n) is 9.58. The van der Waals surface area contributed by atoms with E-state index in [4.69, 9.17) is 22.2 Å². The van der Waals surface area contributed by atoms with E-state index in [0.29, 0.717) is 17.5 Å². The number of benzene rings is 1. The van der Waals surface area contributed by atoms with Crippen molar-refractivity contribution < 1.29 is 4.84 Å². The molecule has 0 radical (unpaired) electrons. The average molecular weight is 262 g/mol. The van der Waals surface area contributed by atoms with Crippen molar-refractivity contribution in [1.82, 2.24) is 4.98 Å². The van der Waals surface area contributed by atoms with Crippen LogP contribution in [0.25, 0.3) is 0 Å². The summed E-state index contributed by atoms with van der Waals surface area (Å²) in [6, 6.07) is 10.9. The highest BCUT2D eigenvalue weighted by Gasteiger charge is 1.98. The topological polar surface area (TPSA) is 60.5 Å². The highest BCUT2D eigenvalue weighted by Crippen LogP contribution is 2.10. The van der Waals surface area contributed by atoms with Gasteiger partial charge in [-0.2, -0.15) is 0 Å². The molecule has 0 unspecified atom stereocenters. The van der Waals surface area contributed by atoms with Crippen molar-refractivity contribution in [3.63, 3.8) is 0 Å². The fourth-order valence-electron chi connectivity index (χ4n) is 1.33. The molecule has 0 amide bonds. The van der Waals surface area contributed by atoms with Crippen LogP contribution in [0.5, 0.6) is 0 Å². The van der Waals surface area contributed by atoms with E-state index in [1.54, 1.807) is 36.7 Å². The zero-order chi connectivity index (χ0) is 12.8. The maximum Gasteiger partial charge on any atom is 0.170 e. The lowest BCUT2D eigenvalue weighted by Gasteiger charge is -2.02. The van der Waals surface area contributed by atoms with Gasteiger partial charge in [0.15, 0.2) is 5.84 Å². The van der Waals surface area contributed by atoms with Crippen molar-refractivity contribution in [1.29, 1.82) is 0 Å². The first kappa shape index (κ1) is 12.4. The maximum absolute atomic E-state index is 5.78. The van der Waals surface area contributed by atoms with E-state index in [9.17, 15) is 0 Å². The Balaban J connectivity index is 1.93. The smallest absolute Gasteiger partial charge is 0.170 e. The summed E-state index contributed by atoms with van der Waals surface area (Å²) >= 11 is 5.78. The van der Waals surface area contributed by atoms with Crippen LogP contribution in [0.4, 0.5) is 0 Å². The van der Waals surface area contributed by atoms with Gasteiger partial charge in [0.05, 0.1) is 0 Å². The minimum Gasteiger partial charge on any atom is -0.389 e. The molecule has 0 saturated carbocycles. The lowest BCUT2D eigenvalue weighted by molar-refractivity contribution is 0.130. The van der Waals surface area contributed by atoms with Gasteiger partial charge in [0.1, 0.15) is 6.61 Å². The molecule has 1 heterocycles. The SMILES string of the molecule is N/C(=N\OCc1ccc(Cl)cc1)c1ccncc1. The summed E-state index contributed by atoms with van der Waals surface area (Å²) in [4.78, 5) is 9.08. The highest BCUT2D eigenvalue weighted by molar-refractivity contribution is 6.30. The molecule has 1 aromatic heterocycles. The molecule has 0 saturated heterocycles. The van der Waals surface area contributed by atoms with Crippen molar-refractivity contribution in [2.75, 3.05) is 0 Å². The predicted octanol–water partition coefficient (Wildman–Crippen LogP) is 2.57. The first-order chi connectivity index (χ1) is 8.75. The molecular weight excluding hydrogens is 250 g/mol. The van der Waals surface area contributed by atoms with Gasteiger partial charge in [0, 0.05) is 23.0 Å². The van der Waals surface area contributed by atoms with E-state index < -0.39 is 0 Å². The van der Waals surface area contributed by atoms with E-state index in [2.05, 4.69) is 10.1 Å². The third-order valence-corrected chi connectivity index (χ3v) is 2.54. The number of aromatic nitrogens is 1. The van der Waals surface area contributed by atoms with Crippen molar-refractivity contribution in [3.05, 3.63) is 64.9 Å². The summed E-state index contributed by atoms with van der Waals surface area (Å²) in [6.45, 7) is 0.350. The fraction of sp³-hybridized carbons (Fsp3) is 0.0769. The van der Waals surface area contributed by atoms with Crippen LogP contribution in [-0.4, -0.2) is 10.8 Å². The Hall–Kier alpha value is -2.07. The lowest BCUT2D eigenvalue weighted by Crippen LogP contribution is -2.13. The Kier molecular flexibility index (Phi) is 4.15. The molecule has 5 heteroatoms. The van der Waals surface area contributed by atoms with Gasteiger partial charge in [-0.1, -0.05) is 28.9 Å². The molecule has 0 spiro atoms. The molecule has 0 atom stereocenters. The molecule has 2 N–H and O–H groups in total. The van der Waals surface area contributed by atoms with Gasteiger partial charge >= 0.3 is 0 Å². The number of nitrogens with zero attached hydrogens (tertiary/aromatic N) is 2. The van der Waals surface area contributed by atoms with E-state index >= 15 is 0 Å². The summed E-state index contributed by atoms with van der Waals surface area (Å²) in [5, 5.41) is 4.54. The minimum absolute atomic E-state index is 0.325. The second-order valence-electron chi connectivity index (χ2n) is 3.61. The molecular formula is C13H12ClN3O. The minimum atomic E-state index is 0.325. The first-order valence-corrected chi connectivity index (χ1v) is 5.74. The number of hydrogen-bond acceptors (Lipinski definition) is 3. The lowest BCUT2D eigenvalue weighted by atomic mass is 10.2. The number of amidine groups is 1. The van der Waals surface area contributed by atoms with Gasteiger partial charge in [-0.3, -0.25) is 4.98 Å². The van der Waals surface area contributed by atoms with Crippen LogP contribution < -0.4 is 5.73 Å². The summed E-state index contributed by atoms with van der Waals surface area (Å²) in [5.41, 5.74) is 7.52. The monoisotopic (exact) mass is 261 g/mol. The molecule has 0 fully saturated rings. The molecule has 4 nitrogen and oxygen atoms in total. The number of rotatable bonds is 4. The van der Waals surface area contributed by atoms with Gasteiger partial charge < -0.3 is 10.6 Å². The van der Waals surface area contributed by atoms with Crippen molar-refractivity contribution in [2.24, 2.45) is 10.9 Å². The summed E-state index contributed by atoms with van der Waals surface area (Å²) in [5.74, 6) is 0.325. The van der Waals surface area contributed by atoms with E-state index in [1.165, 1.54) is 0 Å². The summed E-state index contributed by atoms with van der Waals surface area (Å²) < 4.78 is 0. The number of oxime groups is 1. The molecule has 18 heavy (non-hydrogen) atoms. The van der Waals surface area contributed by atoms with E-state index in [0.717, 1.165) is 11.1 Å². The van der Waals surface area contributed by atoms with Crippen LogP contribution in [0.15, 0.2) is 53.9 Å². The van der Waals surface area contributed by atoms with Crippen molar-refractivity contribution in [2.45, 2.75) is 6.61 Å². The quantitative estimate of drug-likeness (QED) is 0.523. The Bertz CT molecular complexity index is 526. The molecule has 92 valence electrons. The first-order valence-electron chi connectivity index (χ1n) is 5.36. The van der Waals surface area contributed by atoms with Crippen molar-refractivity contribution >= 4 is 17.4 Å². The van der Waals surface area contributed by atoms with Gasteiger partial charge in [0.25, 0.3) is 0 Å². The normalized spacial score (nSPS) is 11.3. The van der Waals surface area contributed by atoms with Crippen LogP contribution >= 0.6 is 11.6 Å². The largest absolute Gasteiger partial charge is 0.389 e. The Morgan fingerprint density at radius 2 is 1.83 bits per heavy atom. The fourth-order valence-corrected chi connectivity index (χ4v) is 1.46. The van der Waals surface area contributed by atoms with Crippen molar-refractivity contribution in [3.8, 4) is 0 Å². The molecule has 0 aliphatic carbocycles. The second kappa shape index (κ2) is 6.02. The Morgan fingerprint density at radius 1 is 1.17 bits per heavy atom. The Labute approximate surface area is 110 Å². The standard InChI is InChI=1S/C13H12ClN3O/c14-12-3-1-10(2-4-12)9-18-17-13(15)11-5-7-16-8-6-11/h1-8H,9H2,(H2,15,17). The van der Waals surface area contributed by atoms with Gasteiger partial charge in [-0.25, -0.2) is 0 Å². The second-order valence-corrected chi connectivity index (χ2v) is 4.05. The van der Waals surface area contributed by atoms with Crippen LogP contribution in [0, 0.1) is 0 Å². The van der Waals surface area contributed by atoms with Crippen LogP contribution in [0.2, 0.25) is 5.02 Å². The molecule has 2 aromatic rings. The van der Waals surface area contributed by atoms with Gasteiger partial charge in [-0.15, -0.1) is 0 Å². The average Bonchev–Trinajstić information content (AvgIpc) is 2.42. The number of nitrogens with two attached hydrogens (primary N) is 1. The third kappa shape index (κ3) is 3.46. The number of pyridine rings is 1. The highest BCUT2D eigenvalue weighted by atomic mass is 35.5. The zero-order valence-corrected chi connectivity index (χ0v) is 10.3. The van der Waals surface area contributed by atoms with Crippen LogP contribution in [-0.2, 0) is 11.4 Å². The number of halogens is 1. The van der Waals surface area contributed by atoms with E-state index in [1.807, 2.05) is 12.1 Å². The van der Waals surface area contributed by atoms with Gasteiger partial charge in [0.2, 0.25) is 0 Å². The van der Waals surface area contributed by atoms with Crippen LogP contribution in [0.1, 0.15) is 11.1 Å². The summed E-state index contributed by atoms with van der Waals surface area (Å²) in [6.07, 6.45) is 3.30. The molecule has 0 aliphatic heterocycles. The van der Waals surface area contributed by atoms with Crippen LogP contribution in [0.3, 0.4) is 0 Å². The third-order valence-electron chi connectivity index (χ3n) is 2.28. The molecule has 0 aliphatic rings. The maximum atomic E-state index is 5.78. The molecule has 2 rings (SSSR count). The summed E-state index contributed by atoms with van der Waals surface area (Å²) in [7, 11) is 0. The van der Waals surface area contributed by atoms with E-state index in [-0.39, 0.29) is 0 Å². The predicted molar refractivity (Wildman–Crippen MR) is 71.2 cm³/mol.